The average molecular weight is 495 g/mol. The number of aryl methyl sites for hydroxylation is 1. The van der Waals surface area contributed by atoms with Crippen molar-refractivity contribution >= 4 is 33.3 Å². The van der Waals surface area contributed by atoms with Gasteiger partial charge in [0, 0.05) is 18.0 Å². The number of anilines is 1. The summed E-state index contributed by atoms with van der Waals surface area (Å²) in [5.41, 5.74) is 0. The molecule has 0 atom stereocenters. The maximum atomic E-state index is 13.1. The largest absolute Gasteiger partial charge is 0.471 e. The van der Waals surface area contributed by atoms with Gasteiger partial charge in [0.2, 0.25) is 5.82 Å². The van der Waals surface area contributed by atoms with Gasteiger partial charge in [0.15, 0.2) is 5.82 Å². The molecule has 0 spiro atoms. The number of nitrogens with one attached hydrogen (secondary N) is 1. The summed E-state index contributed by atoms with van der Waals surface area (Å²) in [6, 6.07) is 1.69. The molecule has 4 heterocycles. The fraction of sp³-hybridized carbons (Fsp3) is 0.471. The van der Waals surface area contributed by atoms with Crippen LogP contribution in [0.1, 0.15) is 16.5 Å². The molecule has 3 aromatic heterocycles. The lowest BCUT2D eigenvalue weighted by atomic mass is 10.3. The smallest absolute Gasteiger partial charge is 0.462 e. The lowest BCUT2D eigenvalue weighted by Gasteiger charge is -2.29. The molecule has 0 saturated heterocycles. The van der Waals surface area contributed by atoms with Crippen LogP contribution in [-0.2, 0) is 24.1 Å². The van der Waals surface area contributed by atoms with Crippen molar-refractivity contribution in [3.8, 4) is 6.01 Å². The summed E-state index contributed by atoms with van der Waals surface area (Å²) in [5, 5.41) is 9.23. The van der Waals surface area contributed by atoms with E-state index in [4.69, 9.17) is 4.74 Å². The normalized spacial score (nSPS) is 14.5. The van der Waals surface area contributed by atoms with Crippen molar-refractivity contribution in [2.75, 3.05) is 24.6 Å². The van der Waals surface area contributed by atoms with Crippen molar-refractivity contribution < 1.29 is 35.9 Å². The number of hydrogen-bond acceptors (Lipinski definition) is 8. The predicted octanol–water partition coefficient (Wildman–Crippen LogP) is 2.69. The molecule has 0 saturated carbocycles. The zero-order valence-electron chi connectivity index (χ0n) is 16.8. The van der Waals surface area contributed by atoms with Gasteiger partial charge in [0.1, 0.15) is 17.3 Å². The zero-order valence-corrected chi connectivity index (χ0v) is 17.6. The van der Waals surface area contributed by atoms with Crippen LogP contribution in [0.15, 0.2) is 6.07 Å². The van der Waals surface area contributed by atoms with E-state index in [0.717, 1.165) is 9.44 Å². The summed E-state index contributed by atoms with van der Waals surface area (Å²) >= 11 is 1.33. The Morgan fingerprint density at radius 2 is 1.94 bits per heavy atom. The lowest BCUT2D eigenvalue weighted by Crippen LogP contribution is -2.38. The number of ether oxygens (including phenoxy) is 1. The summed E-state index contributed by atoms with van der Waals surface area (Å²) in [6.45, 7) is 1.25. The number of nitrogens with zero attached hydrogens (tertiary/aromatic N) is 6. The number of alkyl halides is 6. The Bertz CT molecular complexity index is 1190. The molecule has 0 bridgehead atoms. The number of thiophene rings is 1. The highest BCUT2D eigenvalue weighted by atomic mass is 32.1. The van der Waals surface area contributed by atoms with E-state index < -0.39 is 30.6 Å². The molecule has 1 N–H and O–H groups in total. The molecule has 1 amide bonds. The first-order chi connectivity index (χ1) is 15.4. The molecule has 0 aliphatic carbocycles. The van der Waals surface area contributed by atoms with Crippen LogP contribution >= 0.6 is 11.3 Å². The number of amides is 1. The van der Waals surface area contributed by atoms with E-state index in [0.29, 0.717) is 16.0 Å². The third-order valence-corrected chi connectivity index (χ3v) is 5.60. The van der Waals surface area contributed by atoms with Gasteiger partial charge in [0.05, 0.1) is 18.5 Å². The van der Waals surface area contributed by atoms with Crippen molar-refractivity contribution in [1.82, 2.24) is 30.0 Å². The van der Waals surface area contributed by atoms with E-state index in [9.17, 15) is 31.1 Å². The lowest BCUT2D eigenvalue weighted by molar-refractivity contribution is -0.173. The van der Waals surface area contributed by atoms with Crippen molar-refractivity contribution in [1.29, 1.82) is 0 Å². The summed E-state index contributed by atoms with van der Waals surface area (Å²) in [7, 11) is 0. The molecular formula is C17H15F6N7O2S. The van der Waals surface area contributed by atoms with Gasteiger partial charge in [0.25, 0.3) is 0 Å². The second-order valence-corrected chi connectivity index (χ2v) is 8.25. The summed E-state index contributed by atoms with van der Waals surface area (Å²) < 4.78 is 82.4. The average Bonchev–Trinajstić information content (AvgIpc) is 3.31. The van der Waals surface area contributed by atoms with E-state index in [1.807, 2.05) is 13.0 Å². The Labute approximate surface area is 185 Å². The van der Waals surface area contributed by atoms with Crippen molar-refractivity contribution in [3.63, 3.8) is 0 Å². The maximum Gasteiger partial charge on any atom is 0.471 e. The number of halogens is 6. The van der Waals surface area contributed by atoms with Crippen LogP contribution in [0.4, 0.5) is 32.2 Å². The molecule has 0 aromatic carbocycles. The van der Waals surface area contributed by atoms with Gasteiger partial charge in [-0.15, -0.1) is 21.5 Å². The Balaban J connectivity index is 1.54. The molecule has 33 heavy (non-hydrogen) atoms. The Kier molecular flexibility index (Phi) is 5.79. The van der Waals surface area contributed by atoms with Gasteiger partial charge in [-0.05, 0) is 13.0 Å². The number of fused-ring (bicyclic) bond motifs is 2. The minimum atomic E-state index is -5.00. The molecule has 16 heteroatoms. The molecule has 1 aliphatic rings. The minimum absolute atomic E-state index is 0.00513. The van der Waals surface area contributed by atoms with Gasteiger partial charge in [-0.25, -0.2) is 0 Å². The fourth-order valence-corrected chi connectivity index (χ4v) is 4.13. The molecule has 0 fully saturated rings. The predicted molar refractivity (Wildman–Crippen MR) is 103 cm³/mol. The van der Waals surface area contributed by atoms with Crippen LogP contribution in [0.3, 0.4) is 0 Å². The molecular weight excluding hydrogens is 480 g/mol. The highest BCUT2D eigenvalue weighted by Crippen LogP contribution is 2.35. The Morgan fingerprint density at radius 1 is 1.18 bits per heavy atom. The zero-order chi connectivity index (χ0) is 24.0. The van der Waals surface area contributed by atoms with Crippen molar-refractivity contribution in [2.24, 2.45) is 0 Å². The van der Waals surface area contributed by atoms with Gasteiger partial charge >= 0.3 is 24.3 Å². The van der Waals surface area contributed by atoms with E-state index in [1.54, 1.807) is 10.2 Å². The highest BCUT2D eigenvalue weighted by molar-refractivity contribution is 7.18. The number of rotatable bonds is 5. The third kappa shape index (κ3) is 4.79. The second kappa shape index (κ2) is 8.31. The topological polar surface area (TPSA) is 98.1 Å². The number of aromatic nitrogens is 5. The molecule has 0 radical (unpaired) electrons. The van der Waals surface area contributed by atoms with E-state index in [2.05, 4.69) is 20.2 Å². The van der Waals surface area contributed by atoms with Gasteiger partial charge < -0.3 is 19.5 Å². The number of hydrogen-bond donors (Lipinski definition) is 1. The van der Waals surface area contributed by atoms with Crippen molar-refractivity contribution in [2.45, 2.75) is 32.4 Å². The van der Waals surface area contributed by atoms with E-state index in [-0.39, 0.29) is 38.1 Å². The summed E-state index contributed by atoms with van der Waals surface area (Å²) in [5.74, 6) is -2.65. The summed E-state index contributed by atoms with van der Waals surface area (Å²) in [6.07, 6.45) is -9.62. The SMILES string of the molecule is Cc1cc2c(N3CCn4c(nnc4C(F)(F)F)C3)nc(OCCNC(=O)C(F)(F)F)nc2s1. The monoisotopic (exact) mass is 495 g/mol. The van der Waals surface area contributed by atoms with Gasteiger partial charge in [-0.3, -0.25) is 4.79 Å². The first-order valence-electron chi connectivity index (χ1n) is 9.43. The van der Waals surface area contributed by atoms with Crippen LogP contribution in [-0.4, -0.2) is 56.5 Å². The minimum Gasteiger partial charge on any atom is -0.462 e. The van der Waals surface area contributed by atoms with Crippen LogP contribution in [0.25, 0.3) is 10.2 Å². The van der Waals surface area contributed by atoms with E-state index in [1.165, 1.54) is 11.3 Å². The van der Waals surface area contributed by atoms with Gasteiger partial charge in [-0.1, -0.05) is 0 Å². The van der Waals surface area contributed by atoms with E-state index >= 15 is 0 Å². The standard InChI is InChI=1S/C17H15F6N7O2S/c1-8-6-9-11(29-3-4-30-10(7-29)27-28-13(30)16(18,19)20)25-15(26-12(9)33-8)32-5-2-24-14(31)17(21,22)23/h6H,2-5,7H2,1H3,(H,24,31). The molecule has 3 aromatic rings. The summed E-state index contributed by atoms with van der Waals surface area (Å²) in [4.78, 5) is 22.6. The third-order valence-electron chi connectivity index (χ3n) is 4.66. The van der Waals surface area contributed by atoms with Crippen LogP contribution in [0, 0.1) is 6.92 Å². The Hall–Kier alpha value is -3.17. The molecule has 0 unspecified atom stereocenters. The molecule has 9 nitrogen and oxygen atoms in total. The van der Waals surface area contributed by atoms with Gasteiger partial charge in [-0.2, -0.15) is 36.3 Å². The Morgan fingerprint density at radius 3 is 2.64 bits per heavy atom. The van der Waals surface area contributed by atoms with Crippen LogP contribution < -0.4 is 15.0 Å². The quantitative estimate of drug-likeness (QED) is 0.429. The maximum absolute atomic E-state index is 13.1. The van der Waals surface area contributed by atoms with Crippen molar-refractivity contribution in [3.05, 3.63) is 22.6 Å². The highest BCUT2D eigenvalue weighted by Gasteiger charge is 2.40. The molecule has 1 aliphatic heterocycles. The second-order valence-electron chi connectivity index (χ2n) is 7.02. The van der Waals surface area contributed by atoms with Crippen LogP contribution in [0.2, 0.25) is 0 Å². The molecule has 178 valence electrons. The first-order valence-corrected chi connectivity index (χ1v) is 10.3. The number of carbonyl (C=O) groups excluding carboxylic acids is 1. The van der Waals surface area contributed by atoms with Crippen LogP contribution in [0.5, 0.6) is 6.01 Å². The first kappa shape index (κ1) is 23.0. The molecule has 4 rings (SSSR count). The fourth-order valence-electron chi connectivity index (χ4n) is 3.27. The number of carbonyl (C=O) groups is 1.